The van der Waals surface area contributed by atoms with Gasteiger partial charge in [0, 0.05) is 13.1 Å². The number of morpholine rings is 1. The first kappa shape index (κ1) is 13.2. The molecule has 2 rings (SSSR count). The van der Waals surface area contributed by atoms with Crippen LogP contribution in [0.3, 0.4) is 0 Å². The van der Waals surface area contributed by atoms with Crippen molar-refractivity contribution in [2.75, 3.05) is 37.0 Å². The fourth-order valence-corrected chi connectivity index (χ4v) is 2.34. The second kappa shape index (κ2) is 5.58. The zero-order chi connectivity index (χ0) is 13.1. The number of nitrogens with zero attached hydrogens (tertiary/aromatic N) is 3. The van der Waals surface area contributed by atoms with Gasteiger partial charge in [0.1, 0.15) is 0 Å². The van der Waals surface area contributed by atoms with Crippen LogP contribution in [-0.4, -0.2) is 47.3 Å². The van der Waals surface area contributed by atoms with E-state index in [4.69, 9.17) is 10.5 Å². The summed E-state index contributed by atoms with van der Waals surface area (Å²) in [6, 6.07) is -0.0345. The first-order chi connectivity index (χ1) is 8.69. The van der Waals surface area contributed by atoms with Gasteiger partial charge in [-0.15, -0.1) is 0 Å². The molecule has 1 aromatic rings. The second-order valence-electron chi connectivity index (χ2n) is 4.65. The Morgan fingerprint density at radius 3 is 3.00 bits per heavy atom. The molecule has 1 aliphatic rings. The minimum atomic E-state index is -0.0345. The lowest BCUT2D eigenvalue weighted by Crippen LogP contribution is -2.48. The molecule has 18 heavy (non-hydrogen) atoms. The van der Waals surface area contributed by atoms with Gasteiger partial charge in [-0.3, -0.25) is 0 Å². The fourth-order valence-electron chi connectivity index (χ4n) is 2.34. The highest BCUT2D eigenvalue weighted by Crippen LogP contribution is 2.29. The number of aryl methyl sites for hydroxylation is 2. The number of rotatable bonds is 4. The summed E-state index contributed by atoms with van der Waals surface area (Å²) in [6.45, 7) is 6.86. The van der Waals surface area contributed by atoms with Gasteiger partial charge in [-0.25, -0.2) is 4.68 Å². The predicted octanol–water partition coefficient (Wildman–Crippen LogP) is 0.381. The predicted molar refractivity (Wildman–Crippen MR) is 70.7 cm³/mol. The van der Waals surface area contributed by atoms with Crippen molar-refractivity contribution in [3.05, 3.63) is 5.69 Å². The number of aliphatic hydroxyl groups is 1. The number of anilines is 2. The molecule has 1 unspecified atom stereocenters. The van der Waals surface area contributed by atoms with E-state index in [1.165, 1.54) is 0 Å². The lowest BCUT2D eigenvalue weighted by atomic mass is 10.2. The number of hydrogen-bond donors (Lipinski definition) is 2. The molecule has 0 saturated carbocycles. The van der Waals surface area contributed by atoms with Crippen LogP contribution < -0.4 is 10.6 Å². The largest absolute Gasteiger partial charge is 0.394 e. The molecular weight excluding hydrogens is 232 g/mol. The monoisotopic (exact) mass is 254 g/mol. The summed E-state index contributed by atoms with van der Waals surface area (Å²) in [7, 11) is 0. The van der Waals surface area contributed by atoms with Crippen LogP contribution >= 0.6 is 0 Å². The normalized spacial score (nSPS) is 20.4. The molecule has 0 bridgehead atoms. The van der Waals surface area contributed by atoms with Crippen LogP contribution in [0.25, 0.3) is 0 Å². The summed E-state index contributed by atoms with van der Waals surface area (Å²) in [4.78, 5) is 2.12. The van der Waals surface area contributed by atoms with Crippen molar-refractivity contribution in [2.45, 2.75) is 32.9 Å². The Hall–Kier alpha value is -1.27. The molecule has 1 aliphatic heterocycles. The molecule has 1 saturated heterocycles. The van der Waals surface area contributed by atoms with Crippen LogP contribution in [0.15, 0.2) is 0 Å². The highest BCUT2D eigenvalue weighted by molar-refractivity contribution is 5.66. The van der Waals surface area contributed by atoms with Gasteiger partial charge in [-0.2, -0.15) is 5.10 Å². The van der Waals surface area contributed by atoms with E-state index in [1.54, 1.807) is 0 Å². The Labute approximate surface area is 107 Å². The maximum atomic E-state index is 9.45. The third-order valence-corrected chi connectivity index (χ3v) is 3.29. The first-order valence-corrected chi connectivity index (χ1v) is 6.47. The number of aliphatic hydroxyl groups excluding tert-OH is 1. The van der Waals surface area contributed by atoms with Crippen molar-refractivity contribution in [3.63, 3.8) is 0 Å². The Morgan fingerprint density at radius 1 is 1.56 bits per heavy atom. The molecule has 0 amide bonds. The van der Waals surface area contributed by atoms with E-state index in [0.29, 0.717) is 18.9 Å². The number of hydrogen-bond acceptors (Lipinski definition) is 5. The maximum absolute atomic E-state index is 9.45. The number of aromatic nitrogens is 2. The SMILES string of the molecule is CCCn1nc(C)c(N)c1N1CCOCC1CO. The van der Waals surface area contributed by atoms with Crippen molar-refractivity contribution in [3.8, 4) is 0 Å². The summed E-state index contributed by atoms with van der Waals surface area (Å²) in [5.74, 6) is 0.928. The quantitative estimate of drug-likeness (QED) is 0.812. The van der Waals surface area contributed by atoms with Crippen LogP contribution in [0.1, 0.15) is 19.0 Å². The molecule has 3 N–H and O–H groups in total. The lowest BCUT2D eigenvalue weighted by Gasteiger charge is -2.36. The summed E-state index contributed by atoms with van der Waals surface area (Å²) in [6.07, 6.45) is 1.00. The van der Waals surface area contributed by atoms with Gasteiger partial charge >= 0.3 is 0 Å². The van der Waals surface area contributed by atoms with Crippen molar-refractivity contribution >= 4 is 11.5 Å². The summed E-state index contributed by atoms with van der Waals surface area (Å²) < 4.78 is 7.34. The molecule has 6 heteroatoms. The molecule has 1 fully saturated rings. The Bertz CT molecular complexity index is 405. The summed E-state index contributed by atoms with van der Waals surface area (Å²) in [5, 5.41) is 13.9. The smallest absolute Gasteiger partial charge is 0.151 e. The van der Waals surface area contributed by atoms with Gasteiger partial charge in [0.15, 0.2) is 5.82 Å². The minimum Gasteiger partial charge on any atom is -0.394 e. The average Bonchev–Trinajstić information content (AvgIpc) is 2.65. The van der Waals surface area contributed by atoms with E-state index in [0.717, 1.165) is 31.0 Å². The van der Waals surface area contributed by atoms with E-state index >= 15 is 0 Å². The molecule has 102 valence electrons. The van der Waals surface area contributed by atoms with Crippen LogP contribution in [0, 0.1) is 6.92 Å². The second-order valence-corrected chi connectivity index (χ2v) is 4.65. The maximum Gasteiger partial charge on any atom is 0.151 e. The summed E-state index contributed by atoms with van der Waals surface area (Å²) in [5.41, 5.74) is 7.69. The average molecular weight is 254 g/mol. The third-order valence-electron chi connectivity index (χ3n) is 3.29. The van der Waals surface area contributed by atoms with E-state index in [1.807, 2.05) is 11.6 Å². The number of nitrogens with two attached hydrogens (primary N) is 1. The topological polar surface area (TPSA) is 76.5 Å². The zero-order valence-corrected chi connectivity index (χ0v) is 11.1. The first-order valence-electron chi connectivity index (χ1n) is 6.47. The minimum absolute atomic E-state index is 0.0345. The van der Waals surface area contributed by atoms with E-state index in [9.17, 15) is 5.11 Å². The molecule has 0 aliphatic carbocycles. The summed E-state index contributed by atoms with van der Waals surface area (Å²) >= 11 is 0. The van der Waals surface area contributed by atoms with Gasteiger partial charge in [0.2, 0.25) is 0 Å². The molecule has 0 aromatic carbocycles. The van der Waals surface area contributed by atoms with Crippen LogP contribution in [-0.2, 0) is 11.3 Å². The highest BCUT2D eigenvalue weighted by Gasteiger charge is 2.28. The van der Waals surface area contributed by atoms with Crippen molar-refractivity contribution in [1.82, 2.24) is 9.78 Å². The standard InChI is InChI=1S/C12H22N4O2/c1-3-4-16-12(11(13)9(2)14-16)15-5-6-18-8-10(15)7-17/h10,17H,3-8,13H2,1-2H3. The number of ether oxygens (including phenoxy) is 1. The van der Waals surface area contributed by atoms with Crippen LogP contribution in [0.4, 0.5) is 11.5 Å². The third kappa shape index (κ3) is 2.30. The number of nitrogen functional groups attached to an aromatic ring is 1. The molecule has 6 nitrogen and oxygen atoms in total. The Morgan fingerprint density at radius 2 is 2.33 bits per heavy atom. The van der Waals surface area contributed by atoms with Gasteiger partial charge in [-0.1, -0.05) is 6.92 Å². The van der Waals surface area contributed by atoms with Crippen molar-refractivity contribution in [1.29, 1.82) is 0 Å². The van der Waals surface area contributed by atoms with Gasteiger partial charge < -0.3 is 20.5 Å². The Balaban J connectivity index is 2.35. The zero-order valence-electron chi connectivity index (χ0n) is 11.1. The van der Waals surface area contributed by atoms with E-state index in [2.05, 4.69) is 16.9 Å². The van der Waals surface area contributed by atoms with Crippen LogP contribution in [0.2, 0.25) is 0 Å². The molecule has 2 heterocycles. The van der Waals surface area contributed by atoms with Crippen molar-refractivity contribution < 1.29 is 9.84 Å². The molecule has 0 spiro atoms. The highest BCUT2D eigenvalue weighted by atomic mass is 16.5. The molecule has 0 radical (unpaired) electrons. The van der Waals surface area contributed by atoms with Gasteiger partial charge in [0.05, 0.1) is 37.2 Å². The van der Waals surface area contributed by atoms with E-state index in [-0.39, 0.29) is 12.6 Å². The molecule has 1 atom stereocenters. The van der Waals surface area contributed by atoms with Crippen LogP contribution in [0.5, 0.6) is 0 Å². The Kier molecular flexibility index (Phi) is 4.08. The van der Waals surface area contributed by atoms with E-state index < -0.39 is 0 Å². The molecular formula is C12H22N4O2. The van der Waals surface area contributed by atoms with Gasteiger partial charge in [0.25, 0.3) is 0 Å². The van der Waals surface area contributed by atoms with Crippen molar-refractivity contribution in [2.24, 2.45) is 0 Å². The fraction of sp³-hybridized carbons (Fsp3) is 0.750. The lowest BCUT2D eigenvalue weighted by molar-refractivity contribution is 0.0718. The van der Waals surface area contributed by atoms with Gasteiger partial charge in [-0.05, 0) is 13.3 Å². The molecule has 1 aromatic heterocycles.